The van der Waals surface area contributed by atoms with Gasteiger partial charge in [-0.2, -0.15) is 0 Å². The summed E-state index contributed by atoms with van der Waals surface area (Å²) in [5.41, 5.74) is 1.05. The predicted molar refractivity (Wildman–Crippen MR) is 106 cm³/mol. The fraction of sp³-hybridized carbons (Fsp3) is 0.474. The van der Waals surface area contributed by atoms with Crippen LogP contribution in [0.3, 0.4) is 0 Å². The van der Waals surface area contributed by atoms with Gasteiger partial charge < -0.3 is 5.32 Å². The summed E-state index contributed by atoms with van der Waals surface area (Å²) in [5.74, 6) is 0.767. The van der Waals surface area contributed by atoms with Crippen LogP contribution >= 0.6 is 23.1 Å². The Morgan fingerprint density at radius 3 is 3.00 bits per heavy atom. The Hall–Kier alpha value is -1.37. The van der Waals surface area contributed by atoms with E-state index >= 15 is 0 Å². The van der Waals surface area contributed by atoms with E-state index in [9.17, 15) is 4.79 Å². The minimum absolute atomic E-state index is 0.00125. The first kappa shape index (κ1) is 18.4. The van der Waals surface area contributed by atoms with Crippen LogP contribution in [-0.4, -0.2) is 34.1 Å². The van der Waals surface area contributed by atoms with Crippen LogP contribution in [0.25, 0.3) is 0 Å². The first-order valence-corrected chi connectivity index (χ1v) is 10.6. The smallest absolute Gasteiger partial charge is 0.239 e. The summed E-state index contributed by atoms with van der Waals surface area (Å²) in [6.45, 7) is 7.41. The largest absolute Gasteiger partial charge is 0.301 e. The molecule has 1 aromatic heterocycles. The molecule has 2 heterocycles. The van der Waals surface area contributed by atoms with Crippen molar-refractivity contribution in [2.45, 2.75) is 43.4 Å². The average Bonchev–Trinajstić information content (AvgIpc) is 3.02. The molecule has 1 aromatic carbocycles. The van der Waals surface area contributed by atoms with Crippen molar-refractivity contribution in [1.29, 1.82) is 0 Å². The number of thiazole rings is 1. The molecule has 0 spiro atoms. The van der Waals surface area contributed by atoms with Crippen molar-refractivity contribution in [3.8, 4) is 0 Å². The number of carbonyl (C=O) groups is 1. The maximum absolute atomic E-state index is 12.4. The summed E-state index contributed by atoms with van der Waals surface area (Å²) in [6, 6.07) is 10.0. The highest BCUT2D eigenvalue weighted by Crippen LogP contribution is 2.25. The molecule has 3 rings (SSSR count). The molecule has 1 fully saturated rings. The predicted octanol–water partition coefficient (Wildman–Crippen LogP) is 4.49. The molecule has 1 amide bonds. The van der Waals surface area contributed by atoms with Crippen molar-refractivity contribution >= 4 is 34.1 Å². The van der Waals surface area contributed by atoms with Crippen molar-refractivity contribution in [2.24, 2.45) is 5.92 Å². The van der Waals surface area contributed by atoms with E-state index in [2.05, 4.69) is 27.5 Å². The molecule has 1 aliphatic rings. The van der Waals surface area contributed by atoms with Gasteiger partial charge in [-0.15, -0.1) is 23.1 Å². The van der Waals surface area contributed by atoms with Crippen molar-refractivity contribution in [2.75, 3.05) is 18.4 Å². The number of anilines is 1. The van der Waals surface area contributed by atoms with Gasteiger partial charge in [0.2, 0.25) is 5.91 Å². The van der Waals surface area contributed by atoms with Gasteiger partial charge in [-0.3, -0.25) is 9.69 Å². The van der Waals surface area contributed by atoms with Gasteiger partial charge >= 0.3 is 0 Å². The number of rotatable bonds is 6. The van der Waals surface area contributed by atoms with Gasteiger partial charge in [0.05, 0.1) is 10.9 Å². The molecule has 1 saturated heterocycles. The van der Waals surface area contributed by atoms with E-state index in [0.29, 0.717) is 5.13 Å². The Labute approximate surface area is 158 Å². The molecule has 25 heavy (non-hydrogen) atoms. The Morgan fingerprint density at radius 1 is 1.44 bits per heavy atom. The summed E-state index contributed by atoms with van der Waals surface area (Å²) >= 11 is 3.07. The summed E-state index contributed by atoms with van der Waals surface area (Å²) in [5, 5.41) is 5.56. The number of likely N-dealkylation sites (tertiary alicyclic amines) is 1. The summed E-state index contributed by atoms with van der Waals surface area (Å²) in [6.07, 6.45) is 2.59. The normalized spacial score (nSPS) is 19.5. The van der Waals surface area contributed by atoms with Gasteiger partial charge in [0.25, 0.3) is 0 Å². The van der Waals surface area contributed by atoms with Crippen molar-refractivity contribution in [3.63, 3.8) is 0 Å². The lowest BCUT2D eigenvalue weighted by Gasteiger charge is -2.30. The van der Waals surface area contributed by atoms with Crippen LogP contribution in [0.1, 0.15) is 32.4 Å². The third-order valence-electron chi connectivity index (χ3n) is 4.33. The molecule has 0 saturated carbocycles. The van der Waals surface area contributed by atoms with E-state index in [4.69, 9.17) is 0 Å². The number of nitrogens with one attached hydrogen (secondary N) is 1. The third kappa shape index (κ3) is 5.56. The van der Waals surface area contributed by atoms with Crippen molar-refractivity contribution in [1.82, 2.24) is 9.88 Å². The Bertz CT molecular complexity index is 689. The number of carbonyl (C=O) groups excluding carboxylic acids is 1. The first-order valence-electron chi connectivity index (χ1n) is 8.79. The zero-order valence-electron chi connectivity index (χ0n) is 14.8. The van der Waals surface area contributed by atoms with E-state index in [1.54, 1.807) is 11.8 Å². The zero-order valence-corrected chi connectivity index (χ0v) is 16.4. The first-order chi connectivity index (χ1) is 12.1. The number of thioether (sulfide) groups is 1. The van der Waals surface area contributed by atoms with E-state index in [1.165, 1.54) is 24.2 Å². The van der Waals surface area contributed by atoms with E-state index in [1.807, 2.05) is 37.3 Å². The van der Waals surface area contributed by atoms with Gasteiger partial charge in [0.1, 0.15) is 0 Å². The van der Waals surface area contributed by atoms with Gasteiger partial charge in [-0.1, -0.05) is 25.1 Å². The Balaban J connectivity index is 1.51. The maximum Gasteiger partial charge on any atom is 0.239 e. The lowest BCUT2D eigenvalue weighted by molar-refractivity contribution is -0.115. The molecule has 2 atom stereocenters. The molecular weight excluding hydrogens is 350 g/mol. The number of hydrogen-bond acceptors (Lipinski definition) is 5. The van der Waals surface area contributed by atoms with Crippen LogP contribution in [0.2, 0.25) is 0 Å². The molecule has 0 bridgehead atoms. The van der Waals surface area contributed by atoms with E-state index < -0.39 is 0 Å². The molecular formula is C19H25N3OS2. The van der Waals surface area contributed by atoms with E-state index in [0.717, 1.165) is 36.1 Å². The van der Waals surface area contributed by atoms with Gasteiger partial charge in [-0.05, 0) is 44.4 Å². The van der Waals surface area contributed by atoms with Crippen LogP contribution in [0.5, 0.6) is 0 Å². The van der Waals surface area contributed by atoms with Crippen LogP contribution in [0, 0.1) is 5.92 Å². The molecule has 0 aliphatic carbocycles. The summed E-state index contributed by atoms with van der Waals surface area (Å²) in [7, 11) is 0. The zero-order chi connectivity index (χ0) is 17.6. The third-order valence-corrected chi connectivity index (χ3v) is 6.25. The van der Waals surface area contributed by atoms with E-state index in [-0.39, 0.29) is 11.2 Å². The lowest BCUT2D eigenvalue weighted by Crippen LogP contribution is -2.33. The highest BCUT2D eigenvalue weighted by molar-refractivity contribution is 8.00. The maximum atomic E-state index is 12.4. The topological polar surface area (TPSA) is 45.2 Å². The SMILES string of the molecule is CC1CCCN(Cc2csc(NC(=O)C(C)Sc3ccccc3)n2)C1. The van der Waals surface area contributed by atoms with Gasteiger partial charge in [0, 0.05) is 23.4 Å². The molecule has 0 radical (unpaired) electrons. The highest BCUT2D eigenvalue weighted by Gasteiger charge is 2.19. The minimum atomic E-state index is -0.155. The van der Waals surface area contributed by atoms with Gasteiger partial charge in [-0.25, -0.2) is 4.98 Å². The standard InChI is InChI=1S/C19H25N3OS2/c1-14-7-6-10-22(11-14)12-16-13-24-19(20-16)21-18(23)15(2)25-17-8-4-3-5-9-17/h3-5,8-9,13-15H,6-7,10-12H2,1-2H3,(H,20,21,23). The van der Waals surface area contributed by atoms with Crippen LogP contribution in [-0.2, 0) is 11.3 Å². The van der Waals surface area contributed by atoms with Crippen LogP contribution in [0.15, 0.2) is 40.6 Å². The highest BCUT2D eigenvalue weighted by atomic mass is 32.2. The number of nitrogens with zero attached hydrogens (tertiary/aromatic N) is 2. The Morgan fingerprint density at radius 2 is 2.24 bits per heavy atom. The molecule has 2 aromatic rings. The molecule has 1 aliphatic heterocycles. The monoisotopic (exact) mass is 375 g/mol. The molecule has 6 heteroatoms. The number of aromatic nitrogens is 1. The summed E-state index contributed by atoms with van der Waals surface area (Å²) < 4.78 is 0. The van der Waals surface area contributed by atoms with Crippen LogP contribution < -0.4 is 5.32 Å². The van der Waals surface area contributed by atoms with Gasteiger partial charge in [0.15, 0.2) is 5.13 Å². The quantitative estimate of drug-likeness (QED) is 0.756. The fourth-order valence-corrected chi connectivity index (χ4v) is 4.65. The van der Waals surface area contributed by atoms with Crippen molar-refractivity contribution < 1.29 is 4.79 Å². The number of hydrogen-bond donors (Lipinski definition) is 1. The fourth-order valence-electron chi connectivity index (χ4n) is 3.06. The lowest BCUT2D eigenvalue weighted by atomic mass is 10.0. The Kier molecular flexibility index (Phi) is 6.51. The second-order valence-electron chi connectivity index (χ2n) is 6.69. The number of piperidine rings is 1. The molecule has 134 valence electrons. The number of amides is 1. The molecule has 4 nitrogen and oxygen atoms in total. The number of benzene rings is 1. The van der Waals surface area contributed by atoms with Crippen LogP contribution in [0.4, 0.5) is 5.13 Å². The van der Waals surface area contributed by atoms with Crippen molar-refractivity contribution in [3.05, 3.63) is 41.4 Å². The summed E-state index contributed by atoms with van der Waals surface area (Å²) in [4.78, 5) is 20.5. The average molecular weight is 376 g/mol. The molecule has 2 unspecified atom stereocenters. The second kappa shape index (κ2) is 8.83. The second-order valence-corrected chi connectivity index (χ2v) is 8.96. The molecule has 1 N–H and O–H groups in total. The minimum Gasteiger partial charge on any atom is -0.301 e.